The first-order chi connectivity index (χ1) is 7.56. The van der Waals surface area contributed by atoms with Crippen LogP contribution in [-0.4, -0.2) is 37.2 Å². The number of hydrogen-bond donors (Lipinski definition) is 0. The second kappa shape index (κ2) is 7.67. The summed E-state index contributed by atoms with van der Waals surface area (Å²) in [5.41, 5.74) is 0. The Hall–Kier alpha value is -1.59. The van der Waals surface area contributed by atoms with Crippen molar-refractivity contribution >= 4 is 17.9 Å². The van der Waals surface area contributed by atoms with Gasteiger partial charge in [0.1, 0.15) is 0 Å². The average Bonchev–Trinajstić information content (AvgIpc) is 2.25. The lowest BCUT2D eigenvalue weighted by molar-refractivity contribution is -0.179. The molecule has 6 heteroatoms. The minimum absolute atomic E-state index is 0.0648. The molecule has 0 fully saturated rings. The second-order valence-electron chi connectivity index (χ2n) is 2.73. The molecule has 0 N–H and O–H groups in total. The molecule has 0 aliphatic heterocycles. The Balaban J connectivity index is 4.55. The molecule has 0 aromatic rings. The maximum atomic E-state index is 11.3. The van der Waals surface area contributed by atoms with E-state index in [0.29, 0.717) is 0 Å². The van der Waals surface area contributed by atoms with Gasteiger partial charge in [-0.1, -0.05) is 6.92 Å². The molecule has 0 heterocycles. The quantitative estimate of drug-likeness (QED) is 0.375. The molecule has 0 spiro atoms. The van der Waals surface area contributed by atoms with Gasteiger partial charge >= 0.3 is 17.9 Å². The summed E-state index contributed by atoms with van der Waals surface area (Å²) in [7, 11) is 0. The Labute approximate surface area is 93.8 Å². The van der Waals surface area contributed by atoms with Crippen molar-refractivity contribution < 1.29 is 28.6 Å². The van der Waals surface area contributed by atoms with Gasteiger partial charge in [-0.2, -0.15) is 0 Å². The van der Waals surface area contributed by atoms with Gasteiger partial charge in [0.05, 0.1) is 13.2 Å². The molecule has 6 nitrogen and oxygen atoms in total. The first-order valence-electron chi connectivity index (χ1n) is 5.09. The SMILES string of the molecule is CCOC(=O)C(OC(=O)CC)C(=O)OCC. The maximum absolute atomic E-state index is 11.3. The minimum Gasteiger partial charge on any atom is -0.463 e. The highest BCUT2D eigenvalue weighted by atomic mass is 16.6. The van der Waals surface area contributed by atoms with Gasteiger partial charge in [-0.3, -0.25) is 4.79 Å². The van der Waals surface area contributed by atoms with E-state index < -0.39 is 24.0 Å². The Kier molecular flexibility index (Phi) is 6.91. The van der Waals surface area contributed by atoms with Gasteiger partial charge < -0.3 is 14.2 Å². The minimum atomic E-state index is -1.62. The van der Waals surface area contributed by atoms with Crippen molar-refractivity contribution in [3.8, 4) is 0 Å². The summed E-state index contributed by atoms with van der Waals surface area (Å²) >= 11 is 0. The summed E-state index contributed by atoms with van der Waals surface area (Å²) < 4.78 is 13.8. The summed E-state index contributed by atoms with van der Waals surface area (Å²) in [6.45, 7) is 4.91. The molecule has 0 atom stereocenters. The molecular formula is C10H16O6. The molecule has 0 saturated heterocycles. The third-order valence-corrected chi connectivity index (χ3v) is 1.54. The van der Waals surface area contributed by atoms with Crippen molar-refractivity contribution in [3.05, 3.63) is 0 Å². The van der Waals surface area contributed by atoms with Crippen LogP contribution < -0.4 is 0 Å². The summed E-state index contributed by atoms with van der Waals surface area (Å²) in [6, 6.07) is 0. The van der Waals surface area contributed by atoms with E-state index >= 15 is 0 Å². The van der Waals surface area contributed by atoms with Crippen LogP contribution in [0.5, 0.6) is 0 Å². The molecule has 0 radical (unpaired) electrons. The molecule has 0 amide bonds. The van der Waals surface area contributed by atoms with Gasteiger partial charge in [0.25, 0.3) is 6.10 Å². The number of carbonyl (C=O) groups excluding carboxylic acids is 3. The second-order valence-corrected chi connectivity index (χ2v) is 2.73. The largest absolute Gasteiger partial charge is 0.463 e. The van der Waals surface area contributed by atoms with Crippen LogP contribution in [0.1, 0.15) is 27.2 Å². The fourth-order valence-corrected chi connectivity index (χ4v) is 0.843. The number of ether oxygens (including phenoxy) is 3. The van der Waals surface area contributed by atoms with E-state index in [1.807, 2.05) is 0 Å². The van der Waals surface area contributed by atoms with E-state index in [-0.39, 0.29) is 19.6 Å². The lowest BCUT2D eigenvalue weighted by Gasteiger charge is -2.14. The molecule has 0 aliphatic carbocycles. The molecule has 0 unspecified atom stereocenters. The highest BCUT2D eigenvalue weighted by molar-refractivity contribution is 5.99. The van der Waals surface area contributed by atoms with Crippen LogP contribution in [-0.2, 0) is 28.6 Å². The third kappa shape index (κ3) is 4.77. The van der Waals surface area contributed by atoms with Crippen molar-refractivity contribution in [2.45, 2.75) is 33.3 Å². The molecule has 0 bridgehead atoms. The zero-order valence-electron chi connectivity index (χ0n) is 9.65. The third-order valence-electron chi connectivity index (χ3n) is 1.54. The van der Waals surface area contributed by atoms with Crippen LogP contribution in [0.4, 0.5) is 0 Å². The molecule has 0 saturated carbocycles. The highest BCUT2D eigenvalue weighted by Crippen LogP contribution is 2.02. The number of hydrogen-bond acceptors (Lipinski definition) is 6. The predicted octanol–water partition coefficient (Wildman–Crippen LogP) is 0.434. The van der Waals surface area contributed by atoms with Crippen LogP contribution in [0, 0.1) is 0 Å². The normalized spacial score (nSPS) is 9.75. The van der Waals surface area contributed by atoms with Crippen LogP contribution in [0.15, 0.2) is 0 Å². The van der Waals surface area contributed by atoms with Crippen molar-refractivity contribution in [1.29, 1.82) is 0 Å². The molecular weight excluding hydrogens is 216 g/mol. The van der Waals surface area contributed by atoms with E-state index in [1.165, 1.54) is 0 Å². The monoisotopic (exact) mass is 232 g/mol. The van der Waals surface area contributed by atoms with Crippen molar-refractivity contribution in [1.82, 2.24) is 0 Å². The van der Waals surface area contributed by atoms with Crippen molar-refractivity contribution in [2.75, 3.05) is 13.2 Å². The number of esters is 3. The first kappa shape index (κ1) is 14.4. The summed E-state index contributed by atoms with van der Waals surface area (Å²) in [4.78, 5) is 33.6. The van der Waals surface area contributed by atoms with Gasteiger partial charge in [-0.05, 0) is 13.8 Å². The zero-order valence-corrected chi connectivity index (χ0v) is 9.65. The zero-order chi connectivity index (χ0) is 12.6. The van der Waals surface area contributed by atoms with E-state index in [2.05, 4.69) is 14.2 Å². The van der Waals surface area contributed by atoms with Crippen LogP contribution >= 0.6 is 0 Å². The molecule has 0 aromatic heterocycles. The fraction of sp³-hybridized carbons (Fsp3) is 0.700. The van der Waals surface area contributed by atoms with Gasteiger partial charge in [0, 0.05) is 6.42 Å². The molecule has 0 rings (SSSR count). The summed E-state index contributed by atoms with van der Waals surface area (Å²) in [5.74, 6) is -2.49. The molecule has 92 valence electrons. The Morgan fingerprint density at radius 3 is 1.69 bits per heavy atom. The Bertz CT molecular complexity index is 242. The molecule has 0 aliphatic rings. The van der Waals surface area contributed by atoms with Gasteiger partial charge in [-0.15, -0.1) is 0 Å². The average molecular weight is 232 g/mol. The van der Waals surface area contributed by atoms with Gasteiger partial charge in [-0.25, -0.2) is 9.59 Å². The molecule has 16 heavy (non-hydrogen) atoms. The van der Waals surface area contributed by atoms with Crippen molar-refractivity contribution in [3.63, 3.8) is 0 Å². The van der Waals surface area contributed by atoms with Crippen molar-refractivity contribution in [2.24, 2.45) is 0 Å². The van der Waals surface area contributed by atoms with Gasteiger partial charge in [0.15, 0.2) is 0 Å². The van der Waals surface area contributed by atoms with Crippen LogP contribution in [0.2, 0.25) is 0 Å². The van der Waals surface area contributed by atoms with Crippen LogP contribution in [0.3, 0.4) is 0 Å². The fourth-order valence-electron chi connectivity index (χ4n) is 0.843. The lowest BCUT2D eigenvalue weighted by atomic mass is 10.3. The van der Waals surface area contributed by atoms with Crippen LogP contribution in [0.25, 0.3) is 0 Å². The number of rotatable bonds is 6. The lowest BCUT2D eigenvalue weighted by Crippen LogP contribution is -2.37. The standard InChI is InChI=1S/C10H16O6/c1-4-7(11)16-8(9(12)14-5-2)10(13)15-6-3/h8H,4-6H2,1-3H3. The number of carbonyl (C=O) groups is 3. The smallest absolute Gasteiger partial charge is 0.359 e. The van der Waals surface area contributed by atoms with Gasteiger partial charge in [0.2, 0.25) is 0 Å². The predicted molar refractivity (Wildman–Crippen MR) is 53.4 cm³/mol. The van der Waals surface area contributed by atoms with E-state index in [4.69, 9.17) is 0 Å². The highest BCUT2D eigenvalue weighted by Gasteiger charge is 2.33. The topological polar surface area (TPSA) is 78.9 Å². The Morgan fingerprint density at radius 2 is 1.38 bits per heavy atom. The Morgan fingerprint density at radius 1 is 0.938 bits per heavy atom. The molecule has 0 aromatic carbocycles. The first-order valence-corrected chi connectivity index (χ1v) is 5.09. The van der Waals surface area contributed by atoms with E-state index in [9.17, 15) is 14.4 Å². The van der Waals surface area contributed by atoms with E-state index in [0.717, 1.165) is 0 Å². The summed E-state index contributed by atoms with van der Waals surface area (Å²) in [6.07, 6.45) is -1.55. The summed E-state index contributed by atoms with van der Waals surface area (Å²) in [5, 5.41) is 0. The van der Waals surface area contributed by atoms with E-state index in [1.54, 1.807) is 20.8 Å². The maximum Gasteiger partial charge on any atom is 0.359 e.